The number of aromatic nitrogens is 2. The highest BCUT2D eigenvalue weighted by molar-refractivity contribution is 5.10. The molecule has 2 saturated heterocycles. The van der Waals surface area contributed by atoms with E-state index < -0.39 is 0 Å². The van der Waals surface area contributed by atoms with Gasteiger partial charge in [-0.2, -0.15) is 0 Å². The summed E-state index contributed by atoms with van der Waals surface area (Å²) in [6, 6.07) is 8.88. The normalized spacial score (nSPS) is 22.9. The van der Waals surface area contributed by atoms with Gasteiger partial charge in [0.25, 0.3) is 0 Å². The second-order valence-corrected chi connectivity index (χ2v) is 7.76. The van der Waals surface area contributed by atoms with E-state index in [0.717, 1.165) is 52.0 Å². The van der Waals surface area contributed by atoms with Crippen LogP contribution >= 0.6 is 0 Å². The number of likely N-dealkylation sites (N-methyl/N-ethyl adjacent to an activating group) is 1. The Morgan fingerprint density at radius 3 is 2.65 bits per heavy atom. The van der Waals surface area contributed by atoms with Crippen molar-refractivity contribution in [1.29, 1.82) is 0 Å². The number of hydrogen-bond donors (Lipinski definition) is 0. The summed E-state index contributed by atoms with van der Waals surface area (Å²) in [5, 5.41) is 0. The van der Waals surface area contributed by atoms with Gasteiger partial charge in [-0.05, 0) is 55.6 Å². The number of hydrogen-bond acceptors (Lipinski definition) is 5. The molecule has 2 aliphatic rings. The molecule has 0 N–H and O–H groups in total. The van der Waals surface area contributed by atoms with Crippen LogP contribution in [-0.4, -0.2) is 58.2 Å². The van der Waals surface area contributed by atoms with Crippen molar-refractivity contribution in [1.82, 2.24) is 19.8 Å². The van der Waals surface area contributed by atoms with Gasteiger partial charge in [-0.1, -0.05) is 6.07 Å². The highest BCUT2D eigenvalue weighted by Gasteiger charge is 2.43. The average Bonchev–Trinajstić information content (AvgIpc) is 3.10. The van der Waals surface area contributed by atoms with Crippen LogP contribution < -0.4 is 0 Å². The van der Waals surface area contributed by atoms with Crippen LogP contribution in [-0.2, 0) is 17.8 Å². The Morgan fingerprint density at radius 1 is 1.12 bits per heavy atom. The van der Waals surface area contributed by atoms with Gasteiger partial charge in [-0.25, -0.2) is 0 Å². The van der Waals surface area contributed by atoms with Gasteiger partial charge >= 0.3 is 0 Å². The molecule has 0 aromatic carbocycles. The molecule has 0 aliphatic carbocycles. The van der Waals surface area contributed by atoms with E-state index in [1.54, 1.807) is 0 Å². The highest BCUT2D eigenvalue weighted by Crippen LogP contribution is 2.37. The van der Waals surface area contributed by atoms with Crippen molar-refractivity contribution in [3.63, 3.8) is 0 Å². The molecule has 4 heterocycles. The van der Waals surface area contributed by atoms with Crippen LogP contribution in [0.4, 0.5) is 0 Å². The fourth-order valence-corrected chi connectivity index (χ4v) is 4.23. The van der Waals surface area contributed by atoms with E-state index in [9.17, 15) is 0 Å². The van der Waals surface area contributed by atoms with Gasteiger partial charge in [0, 0.05) is 57.0 Å². The number of ether oxygens (including phenoxy) is 1. The molecule has 4 rings (SSSR count). The van der Waals surface area contributed by atoms with Crippen LogP contribution in [0.3, 0.4) is 0 Å². The zero-order valence-electron chi connectivity index (χ0n) is 15.6. The Balaban J connectivity index is 1.28. The monoisotopic (exact) mass is 352 g/mol. The summed E-state index contributed by atoms with van der Waals surface area (Å²) in [5.74, 6) is 0. The fourth-order valence-electron chi connectivity index (χ4n) is 4.23. The van der Waals surface area contributed by atoms with Gasteiger partial charge < -0.3 is 4.74 Å². The molecule has 1 spiro atoms. The van der Waals surface area contributed by atoms with Crippen LogP contribution in [0.15, 0.2) is 49.1 Å². The van der Waals surface area contributed by atoms with Gasteiger partial charge in [-0.3, -0.25) is 19.8 Å². The molecular weight excluding hydrogens is 324 g/mol. The number of likely N-dealkylation sites (tertiary alicyclic amines) is 1. The predicted molar refractivity (Wildman–Crippen MR) is 102 cm³/mol. The third-order valence-electron chi connectivity index (χ3n) is 5.89. The minimum atomic E-state index is 0.0859. The summed E-state index contributed by atoms with van der Waals surface area (Å²) in [6.07, 6.45) is 11.0. The zero-order chi connectivity index (χ0) is 17.8. The highest BCUT2D eigenvalue weighted by atomic mass is 16.5. The van der Waals surface area contributed by atoms with Crippen molar-refractivity contribution < 1.29 is 4.74 Å². The fraction of sp³-hybridized carbons (Fsp3) is 0.524. The van der Waals surface area contributed by atoms with Crippen LogP contribution in [0.1, 0.15) is 30.4 Å². The lowest BCUT2D eigenvalue weighted by molar-refractivity contribution is -0.0452. The average molecular weight is 352 g/mol. The molecule has 1 atom stereocenters. The Morgan fingerprint density at radius 2 is 1.92 bits per heavy atom. The summed E-state index contributed by atoms with van der Waals surface area (Å²) in [7, 11) is 2.21. The van der Waals surface area contributed by atoms with Crippen LogP contribution in [0, 0.1) is 0 Å². The quantitative estimate of drug-likeness (QED) is 0.828. The van der Waals surface area contributed by atoms with E-state index in [0.29, 0.717) is 6.04 Å². The first-order valence-corrected chi connectivity index (χ1v) is 9.57. The molecule has 5 nitrogen and oxygen atoms in total. The summed E-state index contributed by atoms with van der Waals surface area (Å²) < 4.78 is 6.36. The lowest BCUT2D eigenvalue weighted by atomic mass is 9.87. The molecule has 26 heavy (non-hydrogen) atoms. The van der Waals surface area contributed by atoms with Crippen LogP contribution in [0.25, 0.3) is 0 Å². The maximum absolute atomic E-state index is 6.36. The molecule has 2 aliphatic heterocycles. The van der Waals surface area contributed by atoms with E-state index in [-0.39, 0.29) is 5.60 Å². The summed E-state index contributed by atoms with van der Waals surface area (Å²) >= 11 is 0. The van der Waals surface area contributed by atoms with Crippen molar-refractivity contribution in [3.8, 4) is 0 Å². The second kappa shape index (κ2) is 7.82. The maximum Gasteiger partial charge on any atom is 0.0723 e. The minimum Gasteiger partial charge on any atom is -0.373 e. The van der Waals surface area contributed by atoms with Crippen molar-refractivity contribution in [2.75, 3.05) is 26.7 Å². The zero-order valence-corrected chi connectivity index (χ0v) is 15.6. The summed E-state index contributed by atoms with van der Waals surface area (Å²) in [4.78, 5) is 13.3. The van der Waals surface area contributed by atoms with Crippen molar-refractivity contribution in [3.05, 3.63) is 60.2 Å². The van der Waals surface area contributed by atoms with Gasteiger partial charge in [0.05, 0.1) is 12.2 Å². The standard InChI is InChI=1S/C21H28N4O/c1-24(15-18-4-9-22-10-5-18)20-13-21(26-17-20)6-11-25(12-7-21)16-19-3-2-8-23-14-19/h2-5,8-10,14,20H,6-7,11-13,15-17H2,1H3/t20-/m0/s1. The van der Waals surface area contributed by atoms with Gasteiger partial charge in [0.15, 0.2) is 0 Å². The first kappa shape index (κ1) is 17.6. The molecule has 0 amide bonds. The smallest absolute Gasteiger partial charge is 0.0723 e. The Hall–Kier alpha value is -1.82. The largest absolute Gasteiger partial charge is 0.373 e. The third-order valence-corrected chi connectivity index (χ3v) is 5.89. The maximum atomic E-state index is 6.36. The van der Waals surface area contributed by atoms with Crippen molar-refractivity contribution >= 4 is 0 Å². The van der Waals surface area contributed by atoms with Gasteiger partial charge in [0.2, 0.25) is 0 Å². The Labute approximate surface area is 156 Å². The number of piperidine rings is 1. The van der Waals surface area contributed by atoms with Gasteiger partial charge in [0.1, 0.15) is 0 Å². The first-order valence-electron chi connectivity index (χ1n) is 9.57. The van der Waals surface area contributed by atoms with Gasteiger partial charge in [-0.15, -0.1) is 0 Å². The number of nitrogens with zero attached hydrogens (tertiary/aromatic N) is 4. The van der Waals surface area contributed by atoms with E-state index in [4.69, 9.17) is 4.74 Å². The SMILES string of the molecule is CN(Cc1ccncc1)[C@@H]1COC2(CCN(Cc3cccnc3)CC2)C1. The van der Waals surface area contributed by atoms with E-state index in [2.05, 4.69) is 45.0 Å². The van der Waals surface area contributed by atoms with E-state index in [1.165, 1.54) is 11.1 Å². The molecule has 0 unspecified atom stereocenters. The summed E-state index contributed by atoms with van der Waals surface area (Å²) in [6.45, 7) is 5.02. The molecule has 2 fully saturated rings. The number of pyridine rings is 2. The van der Waals surface area contributed by atoms with E-state index >= 15 is 0 Å². The molecule has 2 aromatic heterocycles. The lowest BCUT2D eigenvalue weighted by Gasteiger charge is -2.39. The topological polar surface area (TPSA) is 41.5 Å². The van der Waals surface area contributed by atoms with Crippen LogP contribution in [0.2, 0.25) is 0 Å². The Kier molecular flexibility index (Phi) is 5.29. The molecule has 5 heteroatoms. The third kappa shape index (κ3) is 4.11. The molecule has 0 radical (unpaired) electrons. The second-order valence-electron chi connectivity index (χ2n) is 7.76. The number of rotatable bonds is 5. The van der Waals surface area contributed by atoms with Crippen molar-refractivity contribution in [2.45, 2.75) is 44.0 Å². The van der Waals surface area contributed by atoms with E-state index in [1.807, 2.05) is 30.9 Å². The minimum absolute atomic E-state index is 0.0859. The Bertz CT molecular complexity index is 686. The first-order chi connectivity index (χ1) is 12.7. The molecule has 138 valence electrons. The van der Waals surface area contributed by atoms with Crippen molar-refractivity contribution in [2.24, 2.45) is 0 Å². The predicted octanol–water partition coefficient (Wildman–Crippen LogP) is 2.73. The molecule has 0 bridgehead atoms. The van der Waals surface area contributed by atoms with Crippen LogP contribution in [0.5, 0.6) is 0 Å². The lowest BCUT2D eigenvalue weighted by Crippen LogP contribution is -2.44. The molecule has 0 saturated carbocycles. The molecule has 2 aromatic rings. The molecular formula is C21H28N4O. The summed E-state index contributed by atoms with van der Waals surface area (Å²) in [5.41, 5.74) is 2.70.